The van der Waals surface area contributed by atoms with Crippen molar-refractivity contribution >= 4 is 20.0 Å². The first-order valence-corrected chi connectivity index (χ1v) is 47.2. The highest BCUT2D eigenvalue weighted by Crippen LogP contribution is 2.55. The summed E-state index contributed by atoms with van der Waals surface area (Å²) in [5.41, 5.74) is 13.6. The van der Waals surface area contributed by atoms with Crippen LogP contribution in [0.3, 0.4) is 0 Å². The number of nitrogens with zero attached hydrogens (tertiary/aromatic N) is 4. The minimum Gasteiger partial charge on any atom is -0.493 e. The molecule has 0 fully saturated rings. The van der Waals surface area contributed by atoms with Gasteiger partial charge in [0.1, 0.15) is 47.7 Å². The van der Waals surface area contributed by atoms with Gasteiger partial charge in [-0.3, -0.25) is 19.6 Å². The Labute approximate surface area is 752 Å². The van der Waals surface area contributed by atoms with Crippen LogP contribution in [0.2, 0.25) is 0 Å². The molecule has 10 aliphatic rings. The molecule has 0 saturated heterocycles. The third-order valence-electron chi connectivity index (χ3n) is 24.6. The number of methoxy groups -OCH3 is 6. The Balaban J connectivity index is 0.000000190. The Kier molecular flexibility index (Phi) is 29.3. The quantitative estimate of drug-likeness (QED) is 0.0673. The van der Waals surface area contributed by atoms with Crippen molar-refractivity contribution in [3.05, 3.63) is 224 Å². The van der Waals surface area contributed by atoms with E-state index in [0.29, 0.717) is 142 Å². The maximum atomic E-state index is 13.3. The first-order valence-electron chi connectivity index (χ1n) is 44.2. The molecule has 0 radical (unpaired) electrons. The predicted molar refractivity (Wildman–Crippen MR) is 490 cm³/mol. The minimum absolute atomic E-state index is 0.0525. The Morgan fingerprint density at radius 1 is 0.344 bits per heavy atom. The molecule has 4 atom stereocenters. The molecule has 12 bridgehead atoms. The molecule has 0 spiro atoms. The lowest BCUT2D eigenvalue weighted by Crippen LogP contribution is -2.34. The zero-order valence-electron chi connectivity index (χ0n) is 75.6. The van der Waals surface area contributed by atoms with Crippen molar-refractivity contribution in [2.45, 2.75) is 126 Å². The van der Waals surface area contributed by atoms with E-state index >= 15 is 0 Å². The summed E-state index contributed by atoms with van der Waals surface area (Å²) in [6.07, 6.45) is 7.02. The maximum Gasteiger partial charge on any atom is 0.244 e. The number of rotatable bonds is 20. The van der Waals surface area contributed by atoms with Crippen LogP contribution in [-0.2, 0) is 71.4 Å². The number of sulfonamides is 2. The normalized spacial score (nSPS) is 17.9. The summed E-state index contributed by atoms with van der Waals surface area (Å²) in [4.78, 5) is 9.61. The molecular weight excluding hydrogens is 1670 g/mol. The molecule has 0 amide bonds. The Hall–Kier alpha value is -11.3. The van der Waals surface area contributed by atoms with Gasteiger partial charge in [-0.2, -0.15) is 0 Å². The predicted octanol–water partition coefficient (Wildman–Crippen LogP) is 17.4. The molecule has 128 heavy (non-hydrogen) atoms. The van der Waals surface area contributed by atoms with E-state index in [4.69, 9.17) is 75.8 Å². The standard InChI is InChI=1S/2C48H53N3O10S.2C2H6/c2*1-50-19-16-32-27-40(54-3)42-29-35(32)36(50)24-30-10-13-34(14-11-30)60-41-26-31(25-37-45-33(17-20-51(37)2)28-43(55-4)47(56-5)48(45)61-42)12-15-38(41)57-21-7-18-49-62(52,53)44-9-6-8-39-46(44)59-23-22-58-39;2*1-2/h2*6,8-15,26-29,36-37,49H,7,16-25H2,1-5H3;2*1-2H3/t2*36-,37+;;/m10../s1. The number of benzene rings is 10. The fourth-order valence-corrected chi connectivity index (χ4v) is 20.5. The summed E-state index contributed by atoms with van der Waals surface area (Å²) >= 11 is 0. The number of hydrogen-bond donors (Lipinski definition) is 2. The lowest BCUT2D eigenvalue weighted by Gasteiger charge is -2.37. The SMILES string of the molecule is CC.CC.COc1cc2c3cc1Oc1c(OC)c(OC)cc4c1[C@@H](Cc1ccc(OCCCNS(=O)(=O)c5cccc6c5OCCO6)c(c1)Oc1ccc(cc1)C[C@@H]3N(C)CC2)N(C)CC4.COc1cc2c3cc1Oc1c(OC)c(OC)cc4c1[C@H](Cc1ccc(OCCCNS(=O)(=O)c5cccc6c5OCCO6)c(c1)Oc1ccc(cc1)C[C@H]3N(C)CC2)N(C)CC4. The lowest BCUT2D eigenvalue weighted by atomic mass is 9.87. The highest BCUT2D eigenvalue weighted by atomic mass is 32.2. The van der Waals surface area contributed by atoms with Crippen molar-refractivity contribution < 1.29 is 92.6 Å². The molecule has 0 unspecified atom stereocenters. The van der Waals surface area contributed by atoms with E-state index in [1.807, 2.05) is 76.2 Å². The second kappa shape index (κ2) is 41.0. The molecule has 10 heterocycles. The fraction of sp³-hybridized carbons (Fsp3) is 0.400. The van der Waals surface area contributed by atoms with Crippen molar-refractivity contribution in [3.8, 4) is 115 Å². The fourth-order valence-electron chi connectivity index (χ4n) is 18.0. The van der Waals surface area contributed by atoms with Gasteiger partial charge in [-0.1, -0.05) is 76.2 Å². The summed E-state index contributed by atoms with van der Waals surface area (Å²) in [6.45, 7) is 13.6. The van der Waals surface area contributed by atoms with Crippen LogP contribution in [0.4, 0.5) is 0 Å². The van der Waals surface area contributed by atoms with Crippen LogP contribution in [0, 0.1) is 0 Å². The van der Waals surface area contributed by atoms with Crippen molar-refractivity contribution in [2.75, 3.05) is 150 Å². The number of ether oxygens (including phenoxy) is 16. The Bertz CT molecular complexity index is 5490. The van der Waals surface area contributed by atoms with Gasteiger partial charge in [0.15, 0.2) is 92.0 Å². The first kappa shape index (κ1) is 91.4. The van der Waals surface area contributed by atoms with Crippen LogP contribution in [-0.4, -0.2) is 186 Å². The second-order valence-electron chi connectivity index (χ2n) is 32.3. The third-order valence-corrected chi connectivity index (χ3v) is 27.6. The second-order valence-corrected chi connectivity index (χ2v) is 35.7. The molecule has 2 N–H and O–H groups in total. The van der Waals surface area contributed by atoms with Crippen LogP contribution in [0.5, 0.6) is 115 Å². The van der Waals surface area contributed by atoms with Crippen molar-refractivity contribution in [2.24, 2.45) is 0 Å². The van der Waals surface area contributed by atoms with Crippen molar-refractivity contribution in [1.29, 1.82) is 0 Å². The van der Waals surface area contributed by atoms with Crippen LogP contribution in [0.1, 0.15) is 131 Å². The number of fused-ring (bicyclic) bond motifs is 6. The average molecular weight is 1790 g/mol. The first-order chi connectivity index (χ1) is 62.3. The van der Waals surface area contributed by atoms with Crippen molar-refractivity contribution in [1.82, 2.24) is 29.0 Å². The highest BCUT2D eigenvalue weighted by molar-refractivity contribution is 7.90. The number of para-hydroxylation sites is 2. The van der Waals surface area contributed by atoms with Crippen LogP contribution >= 0.6 is 0 Å². The smallest absolute Gasteiger partial charge is 0.244 e. The van der Waals surface area contributed by atoms with Crippen LogP contribution in [0.15, 0.2) is 168 Å². The zero-order chi connectivity index (χ0) is 89.9. The van der Waals surface area contributed by atoms with E-state index < -0.39 is 20.0 Å². The molecule has 0 aromatic heterocycles. The third kappa shape index (κ3) is 19.6. The van der Waals surface area contributed by atoms with Gasteiger partial charge in [-0.15, -0.1) is 0 Å². The monoisotopic (exact) mass is 1790 g/mol. The largest absolute Gasteiger partial charge is 0.493 e. The molecule has 0 aliphatic carbocycles. The van der Waals surface area contributed by atoms with Gasteiger partial charge < -0.3 is 75.8 Å². The van der Waals surface area contributed by atoms with Gasteiger partial charge in [0.25, 0.3) is 0 Å². The molecular formula is C100H118N6O20S2. The minimum atomic E-state index is -3.86. The molecule has 10 aromatic carbocycles. The van der Waals surface area contributed by atoms with Crippen LogP contribution in [0.25, 0.3) is 0 Å². The van der Waals surface area contributed by atoms with Gasteiger partial charge >= 0.3 is 0 Å². The van der Waals surface area contributed by atoms with E-state index in [-0.39, 0.29) is 85.0 Å². The zero-order valence-corrected chi connectivity index (χ0v) is 77.3. The van der Waals surface area contributed by atoms with E-state index in [9.17, 15) is 16.8 Å². The Morgan fingerprint density at radius 3 is 1.07 bits per heavy atom. The maximum absolute atomic E-state index is 13.3. The lowest BCUT2D eigenvalue weighted by molar-refractivity contribution is 0.167. The summed E-state index contributed by atoms with van der Waals surface area (Å²) < 4.78 is 157. The van der Waals surface area contributed by atoms with E-state index in [0.717, 1.165) is 98.1 Å². The highest BCUT2D eigenvalue weighted by Gasteiger charge is 2.39. The Morgan fingerprint density at radius 2 is 0.688 bits per heavy atom. The van der Waals surface area contributed by atoms with E-state index in [1.165, 1.54) is 45.5 Å². The average Bonchev–Trinajstić information content (AvgIpc) is 0.735. The molecule has 20 rings (SSSR count). The molecule has 10 aliphatic heterocycles. The summed E-state index contributed by atoms with van der Waals surface area (Å²) in [7, 11) is 10.9. The van der Waals surface area contributed by atoms with Gasteiger partial charge in [0, 0.05) is 74.6 Å². The van der Waals surface area contributed by atoms with Crippen LogP contribution < -0.4 is 85.2 Å². The summed E-state index contributed by atoms with van der Waals surface area (Å²) in [6, 6.07) is 51.0. The number of likely N-dealkylation sites (N-methyl/N-ethyl adjacent to an activating group) is 4. The molecule has 680 valence electrons. The summed E-state index contributed by atoms with van der Waals surface area (Å²) in [5, 5.41) is 0. The van der Waals surface area contributed by atoms with Crippen molar-refractivity contribution in [3.63, 3.8) is 0 Å². The van der Waals surface area contributed by atoms with E-state index in [2.05, 4.69) is 130 Å². The van der Waals surface area contributed by atoms with Gasteiger partial charge in [-0.05, 0) is 257 Å². The molecule has 26 nitrogen and oxygen atoms in total. The topological polar surface area (TPSA) is 253 Å². The molecule has 10 aromatic rings. The molecule has 0 saturated carbocycles. The number of nitrogens with one attached hydrogen (secondary N) is 2. The molecule has 28 heteroatoms. The number of hydrogen-bond acceptors (Lipinski definition) is 24. The van der Waals surface area contributed by atoms with E-state index in [1.54, 1.807) is 66.9 Å². The van der Waals surface area contributed by atoms with Gasteiger partial charge in [-0.25, -0.2) is 26.3 Å². The van der Waals surface area contributed by atoms with Gasteiger partial charge in [0.05, 0.1) is 55.9 Å². The summed E-state index contributed by atoms with van der Waals surface area (Å²) in [5.74, 6) is 10.9. The van der Waals surface area contributed by atoms with Gasteiger partial charge in [0.2, 0.25) is 31.5 Å².